The van der Waals surface area contributed by atoms with Crippen molar-refractivity contribution < 1.29 is 9.84 Å². The van der Waals surface area contributed by atoms with E-state index in [0.717, 1.165) is 37.3 Å². The molecule has 7 heteroatoms. The molecule has 1 fully saturated rings. The maximum Gasteiger partial charge on any atom is 0.191 e. The average Bonchev–Trinajstić information content (AvgIpc) is 3.41. The van der Waals surface area contributed by atoms with Gasteiger partial charge < -0.3 is 20.5 Å². The smallest absolute Gasteiger partial charge is 0.191 e. The molecule has 0 bridgehead atoms. The Bertz CT molecular complexity index is 486. The Morgan fingerprint density at radius 1 is 1.32 bits per heavy atom. The van der Waals surface area contributed by atoms with Gasteiger partial charge in [-0.15, -0.1) is 35.7 Å². The van der Waals surface area contributed by atoms with E-state index in [1.807, 2.05) is 36.9 Å². The van der Waals surface area contributed by atoms with Crippen LogP contribution in [0.2, 0.25) is 0 Å². The number of nitrogens with zero attached hydrogens (tertiary/aromatic N) is 1. The number of guanidine groups is 1. The van der Waals surface area contributed by atoms with Gasteiger partial charge in [0.15, 0.2) is 5.96 Å². The van der Waals surface area contributed by atoms with Crippen LogP contribution in [0.4, 0.5) is 0 Å². The van der Waals surface area contributed by atoms with Crippen LogP contribution in [0, 0.1) is 5.92 Å². The van der Waals surface area contributed by atoms with Gasteiger partial charge >= 0.3 is 0 Å². The minimum absolute atomic E-state index is 0. The first-order valence-electron chi connectivity index (χ1n) is 8.73. The lowest BCUT2D eigenvalue weighted by Gasteiger charge is -2.13. The number of hydrogen-bond acceptors (Lipinski definition) is 4. The highest BCUT2D eigenvalue weighted by atomic mass is 127. The molecule has 1 aliphatic carbocycles. The van der Waals surface area contributed by atoms with Crippen molar-refractivity contribution in [2.75, 3.05) is 38.6 Å². The van der Waals surface area contributed by atoms with Crippen LogP contribution in [0.25, 0.3) is 0 Å². The molecule has 5 nitrogen and oxygen atoms in total. The standard InChI is InChI=1S/C18H29N3O2S.HI/c1-2-19-18(20-10-11-24-17-6-4-3-5-7-17)21-12-16(22)14-23-13-15-8-9-15;/h3-7,15-16,22H,2,8-14H2,1H3,(H2,19,20,21);1H. The normalized spacial score (nSPS) is 15.4. The fourth-order valence-corrected chi connectivity index (χ4v) is 2.89. The van der Waals surface area contributed by atoms with Crippen LogP contribution >= 0.6 is 35.7 Å². The average molecular weight is 479 g/mol. The van der Waals surface area contributed by atoms with Crippen LogP contribution in [0.15, 0.2) is 40.2 Å². The van der Waals surface area contributed by atoms with E-state index in [9.17, 15) is 5.11 Å². The molecule has 142 valence electrons. The third-order valence-corrected chi connectivity index (χ3v) is 4.59. The van der Waals surface area contributed by atoms with Gasteiger partial charge in [0.25, 0.3) is 0 Å². The first kappa shape index (κ1) is 22.5. The Labute approximate surface area is 172 Å². The van der Waals surface area contributed by atoms with Crippen molar-refractivity contribution in [3.8, 4) is 0 Å². The summed E-state index contributed by atoms with van der Waals surface area (Å²) in [6, 6.07) is 10.4. The van der Waals surface area contributed by atoms with E-state index in [0.29, 0.717) is 13.2 Å². The number of aliphatic hydroxyl groups is 1. The van der Waals surface area contributed by atoms with Crippen molar-refractivity contribution in [1.29, 1.82) is 0 Å². The van der Waals surface area contributed by atoms with Gasteiger partial charge in [-0.05, 0) is 37.8 Å². The summed E-state index contributed by atoms with van der Waals surface area (Å²) in [5.41, 5.74) is 0. The zero-order chi connectivity index (χ0) is 17.0. The van der Waals surface area contributed by atoms with Gasteiger partial charge in [-0.2, -0.15) is 0 Å². The summed E-state index contributed by atoms with van der Waals surface area (Å²) in [7, 11) is 0. The predicted molar refractivity (Wildman–Crippen MR) is 116 cm³/mol. The van der Waals surface area contributed by atoms with Crippen LogP contribution in [-0.2, 0) is 4.74 Å². The zero-order valence-corrected chi connectivity index (χ0v) is 18.0. The largest absolute Gasteiger partial charge is 0.389 e. The Morgan fingerprint density at radius 2 is 2.08 bits per heavy atom. The van der Waals surface area contributed by atoms with Crippen LogP contribution in [-0.4, -0.2) is 55.8 Å². The summed E-state index contributed by atoms with van der Waals surface area (Å²) in [6.45, 7) is 5.14. The summed E-state index contributed by atoms with van der Waals surface area (Å²) in [6.07, 6.45) is 1.99. The van der Waals surface area contributed by atoms with Gasteiger partial charge in [-0.25, -0.2) is 0 Å². The van der Waals surface area contributed by atoms with Gasteiger partial charge in [-0.1, -0.05) is 18.2 Å². The fourth-order valence-electron chi connectivity index (χ4n) is 2.10. The van der Waals surface area contributed by atoms with E-state index in [2.05, 4.69) is 27.8 Å². The molecule has 25 heavy (non-hydrogen) atoms. The second kappa shape index (κ2) is 13.7. The highest BCUT2D eigenvalue weighted by molar-refractivity contribution is 14.0. The SMILES string of the molecule is CCNC(=NCC(O)COCC1CC1)NCCSc1ccccc1.I. The van der Waals surface area contributed by atoms with E-state index in [1.54, 1.807) is 0 Å². The maximum absolute atomic E-state index is 9.93. The second-order valence-corrected chi connectivity index (χ2v) is 7.11. The van der Waals surface area contributed by atoms with Crippen LogP contribution in [0.5, 0.6) is 0 Å². The third kappa shape index (κ3) is 10.9. The number of rotatable bonds is 11. The second-order valence-electron chi connectivity index (χ2n) is 5.94. The molecule has 1 aromatic rings. The lowest BCUT2D eigenvalue weighted by molar-refractivity contribution is 0.0368. The molecular formula is C18H30IN3O2S. The first-order valence-corrected chi connectivity index (χ1v) is 9.72. The number of nitrogens with one attached hydrogen (secondary N) is 2. The molecular weight excluding hydrogens is 449 g/mol. The Hall–Kier alpha value is -0.510. The van der Waals surface area contributed by atoms with E-state index in [-0.39, 0.29) is 24.0 Å². The van der Waals surface area contributed by atoms with Crippen LogP contribution in [0.3, 0.4) is 0 Å². The first-order chi connectivity index (χ1) is 11.8. The van der Waals surface area contributed by atoms with Crippen LogP contribution < -0.4 is 10.6 Å². The van der Waals surface area contributed by atoms with E-state index in [4.69, 9.17) is 4.74 Å². The molecule has 1 aliphatic rings. The molecule has 3 N–H and O–H groups in total. The predicted octanol–water partition coefficient (Wildman–Crippen LogP) is 2.74. The number of hydrogen-bond donors (Lipinski definition) is 3. The number of ether oxygens (including phenoxy) is 1. The molecule has 0 aliphatic heterocycles. The minimum Gasteiger partial charge on any atom is -0.389 e. The maximum atomic E-state index is 9.93. The molecule has 0 radical (unpaired) electrons. The highest BCUT2D eigenvalue weighted by Crippen LogP contribution is 2.28. The van der Waals surface area contributed by atoms with Crippen LogP contribution in [0.1, 0.15) is 19.8 Å². The summed E-state index contributed by atoms with van der Waals surface area (Å²) < 4.78 is 5.50. The van der Waals surface area contributed by atoms with Crippen molar-refractivity contribution in [3.05, 3.63) is 30.3 Å². The van der Waals surface area contributed by atoms with Crippen molar-refractivity contribution >= 4 is 41.7 Å². The molecule has 1 atom stereocenters. The molecule has 0 aromatic heterocycles. The van der Waals surface area contributed by atoms with E-state index < -0.39 is 6.10 Å². The monoisotopic (exact) mass is 479 g/mol. The Morgan fingerprint density at radius 3 is 2.76 bits per heavy atom. The topological polar surface area (TPSA) is 65.9 Å². The molecule has 0 spiro atoms. The number of halogens is 1. The quantitative estimate of drug-likeness (QED) is 0.150. The third-order valence-electron chi connectivity index (χ3n) is 3.57. The van der Waals surface area contributed by atoms with E-state index >= 15 is 0 Å². The van der Waals surface area contributed by atoms with Gasteiger partial charge in [0, 0.05) is 30.3 Å². The number of aliphatic imine (C=N–C) groups is 1. The Kier molecular flexibility index (Phi) is 12.3. The molecule has 1 unspecified atom stereocenters. The van der Waals surface area contributed by atoms with Gasteiger partial charge in [0.05, 0.1) is 19.3 Å². The van der Waals surface area contributed by atoms with E-state index in [1.165, 1.54) is 17.7 Å². The minimum atomic E-state index is -0.544. The molecule has 0 heterocycles. The van der Waals surface area contributed by atoms with Gasteiger partial charge in [0.2, 0.25) is 0 Å². The van der Waals surface area contributed by atoms with Gasteiger partial charge in [0.1, 0.15) is 0 Å². The molecule has 1 saturated carbocycles. The lowest BCUT2D eigenvalue weighted by atomic mass is 10.4. The summed E-state index contributed by atoms with van der Waals surface area (Å²) >= 11 is 1.81. The summed E-state index contributed by atoms with van der Waals surface area (Å²) in [4.78, 5) is 5.69. The molecule has 2 rings (SSSR count). The molecule has 0 amide bonds. The number of thioether (sulfide) groups is 1. The molecule has 0 saturated heterocycles. The lowest BCUT2D eigenvalue weighted by Crippen LogP contribution is -2.39. The molecule has 1 aromatic carbocycles. The Balaban J connectivity index is 0.00000312. The van der Waals surface area contributed by atoms with Crippen molar-refractivity contribution in [2.24, 2.45) is 10.9 Å². The fraction of sp³-hybridized carbons (Fsp3) is 0.611. The number of benzene rings is 1. The highest BCUT2D eigenvalue weighted by Gasteiger charge is 2.21. The van der Waals surface area contributed by atoms with Gasteiger partial charge in [-0.3, -0.25) is 4.99 Å². The van der Waals surface area contributed by atoms with Crippen molar-refractivity contribution in [3.63, 3.8) is 0 Å². The summed E-state index contributed by atoms with van der Waals surface area (Å²) in [5.74, 6) is 2.43. The van der Waals surface area contributed by atoms with Crippen molar-refractivity contribution in [2.45, 2.75) is 30.8 Å². The number of aliphatic hydroxyl groups excluding tert-OH is 1. The summed E-state index contributed by atoms with van der Waals surface area (Å²) in [5, 5.41) is 16.4. The zero-order valence-electron chi connectivity index (χ0n) is 14.8. The van der Waals surface area contributed by atoms with Crippen molar-refractivity contribution in [1.82, 2.24) is 10.6 Å².